The first-order chi connectivity index (χ1) is 8.90. The summed E-state index contributed by atoms with van der Waals surface area (Å²) in [7, 11) is 0. The molecule has 0 fully saturated rings. The van der Waals surface area contributed by atoms with Crippen LogP contribution in [-0.4, -0.2) is 23.2 Å². The number of hydrogen-bond acceptors (Lipinski definition) is 2. The minimum absolute atomic E-state index is 0.0962. The molecule has 2 unspecified atom stereocenters. The summed E-state index contributed by atoms with van der Waals surface area (Å²) in [5.41, 5.74) is 2.58. The Labute approximate surface area is 116 Å². The van der Waals surface area contributed by atoms with Crippen LogP contribution in [-0.2, 0) is 11.2 Å². The molecular weight excluding hydrogens is 238 g/mol. The summed E-state index contributed by atoms with van der Waals surface area (Å²) in [6.45, 7) is 8.00. The molecule has 106 valence electrons. The zero-order chi connectivity index (χ0) is 14.4. The van der Waals surface area contributed by atoms with Gasteiger partial charge >= 0.3 is 5.97 Å². The maximum absolute atomic E-state index is 11.1. The zero-order valence-electron chi connectivity index (χ0n) is 12.3. The highest BCUT2D eigenvalue weighted by atomic mass is 16.4. The van der Waals surface area contributed by atoms with Crippen LogP contribution in [0.15, 0.2) is 24.3 Å². The van der Waals surface area contributed by atoms with Crippen LogP contribution >= 0.6 is 0 Å². The highest BCUT2D eigenvalue weighted by molar-refractivity contribution is 5.73. The third kappa shape index (κ3) is 5.43. The molecule has 0 aliphatic rings. The van der Waals surface area contributed by atoms with E-state index in [4.69, 9.17) is 5.11 Å². The van der Waals surface area contributed by atoms with Gasteiger partial charge in [0.1, 0.15) is 6.04 Å². The molecule has 19 heavy (non-hydrogen) atoms. The Bertz CT molecular complexity index is 415. The second kappa shape index (κ2) is 7.29. The minimum atomic E-state index is -0.766. The zero-order valence-corrected chi connectivity index (χ0v) is 12.3. The number of hydrogen-bond donors (Lipinski definition) is 2. The molecule has 1 rings (SSSR count). The number of rotatable bonds is 7. The van der Waals surface area contributed by atoms with Gasteiger partial charge in [-0.05, 0) is 38.2 Å². The summed E-state index contributed by atoms with van der Waals surface area (Å²) in [4.78, 5) is 11.1. The van der Waals surface area contributed by atoms with Gasteiger partial charge in [0, 0.05) is 6.04 Å². The van der Waals surface area contributed by atoms with Gasteiger partial charge in [-0.2, -0.15) is 0 Å². The number of carboxylic acids is 1. The largest absolute Gasteiger partial charge is 0.480 e. The number of benzene rings is 1. The van der Waals surface area contributed by atoms with Crippen LogP contribution in [0, 0.1) is 12.8 Å². The van der Waals surface area contributed by atoms with Crippen molar-refractivity contribution in [2.45, 2.75) is 52.6 Å². The molecule has 1 aromatic rings. The lowest BCUT2D eigenvalue weighted by molar-refractivity contribution is -0.140. The number of aliphatic carboxylic acids is 1. The number of carbonyl (C=O) groups is 1. The van der Waals surface area contributed by atoms with Crippen LogP contribution in [0.25, 0.3) is 0 Å². The fourth-order valence-electron chi connectivity index (χ4n) is 2.19. The van der Waals surface area contributed by atoms with Crippen molar-refractivity contribution in [1.82, 2.24) is 5.32 Å². The average Bonchev–Trinajstić information content (AvgIpc) is 2.32. The molecule has 0 saturated carbocycles. The number of carboxylic acid groups (broad SMARTS) is 1. The highest BCUT2D eigenvalue weighted by Gasteiger charge is 2.22. The van der Waals surface area contributed by atoms with Crippen LogP contribution in [0.4, 0.5) is 0 Å². The smallest absolute Gasteiger partial charge is 0.320 e. The minimum Gasteiger partial charge on any atom is -0.480 e. The van der Waals surface area contributed by atoms with Gasteiger partial charge in [0.2, 0.25) is 0 Å². The molecule has 0 aliphatic carbocycles. The standard InChI is InChI=1S/C16H25NO2/c1-11(2)15(16(18)19)17-13(4)8-9-14-7-5-6-12(3)10-14/h5-7,10-11,13,15,17H,8-9H2,1-4H3,(H,18,19). The lowest BCUT2D eigenvalue weighted by Crippen LogP contribution is -2.45. The van der Waals surface area contributed by atoms with E-state index in [2.05, 4.69) is 36.5 Å². The Morgan fingerprint density at radius 2 is 2.00 bits per heavy atom. The van der Waals surface area contributed by atoms with Crippen molar-refractivity contribution >= 4 is 5.97 Å². The maximum atomic E-state index is 11.1. The van der Waals surface area contributed by atoms with Gasteiger partial charge in [0.15, 0.2) is 0 Å². The molecule has 3 heteroatoms. The van der Waals surface area contributed by atoms with Crippen LogP contribution in [0.5, 0.6) is 0 Å². The van der Waals surface area contributed by atoms with Crippen molar-refractivity contribution in [3.63, 3.8) is 0 Å². The molecule has 1 aromatic carbocycles. The van der Waals surface area contributed by atoms with Crippen molar-refractivity contribution in [2.75, 3.05) is 0 Å². The number of aryl methyl sites for hydroxylation is 2. The highest BCUT2D eigenvalue weighted by Crippen LogP contribution is 2.10. The Hall–Kier alpha value is -1.35. The first-order valence-corrected chi connectivity index (χ1v) is 6.94. The van der Waals surface area contributed by atoms with Gasteiger partial charge in [-0.15, -0.1) is 0 Å². The summed E-state index contributed by atoms with van der Waals surface area (Å²) >= 11 is 0. The number of nitrogens with one attached hydrogen (secondary N) is 1. The van der Waals surface area contributed by atoms with E-state index >= 15 is 0 Å². The fourth-order valence-corrected chi connectivity index (χ4v) is 2.19. The van der Waals surface area contributed by atoms with Gasteiger partial charge in [-0.3, -0.25) is 4.79 Å². The Kier molecular flexibility index (Phi) is 6.03. The summed E-state index contributed by atoms with van der Waals surface area (Å²) < 4.78 is 0. The quantitative estimate of drug-likeness (QED) is 0.795. The van der Waals surface area contributed by atoms with E-state index in [0.29, 0.717) is 0 Å². The monoisotopic (exact) mass is 263 g/mol. The molecule has 0 saturated heterocycles. The third-order valence-electron chi connectivity index (χ3n) is 3.35. The van der Waals surface area contributed by atoms with E-state index in [0.717, 1.165) is 12.8 Å². The van der Waals surface area contributed by atoms with Crippen molar-refractivity contribution in [2.24, 2.45) is 5.92 Å². The SMILES string of the molecule is Cc1cccc(CCC(C)NC(C(=O)O)C(C)C)c1. The molecule has 0 amide bonds. The second-order valence-electron chi connectivity index (χ2n) is 5.66. The lowest BCUT2D eigenvalue weighted by atomic mass is 10.0. The first-order valence-electron chi connectivity index (χ1n) is 6.94. The summed E-state index contributed by atoms with van der Waals surface area (Å²) in [6.07, 6.45) is 1.92. The molecule has 0 aromatic heterocycles. The van der Waals surface area contributed by atoms with E-state index < -0.39 is 12.0 Å². The molecule has 0 heterocycles. The molecule has 0 spiro atoms. The van der Waals surface area contributed by atoms with E-state index in [-0.39, 0.29) is 12.0 Å². The molecule has 0 bridgehead atoms. The predicted molar refractivity (Wildman–Crippen MR) is 78.4 cm³/mol. The topological polar surface area (TPSA) is 49.3 Å². The average molecular weight is 263 g/mol. The van der Waals surface area contributed by atoms with Crippen molar-refractivity contribution in [3.05, 3.63) is 35.4 Å². The second-order valence-corrected chi connectivity index (χ2v) is 5.66. The van der Waals surface area contributed by atoms with E-state index in [9.17, 15) is 4.79 Å². The Balaban J connectivity index is 2.47. The third-order valence-corrected chi connectivity index (χ3v) is 3.35. The fraction of sp³-hybridized carbons (Fsp3) is 0.562. The molecule has 2 atom stereocenters. The van der Waals surface area contributed by atoms with Gasteiger partial charge in [0.05, 0.1) is 0 Å². The molecular formula is C16H25NO2. The van der Waals surface area contributed by atoms with Crippen LogP contribution in [0.3, 0.4) is 0 Å². The Morgan fingerprint density at radius 1 is 1.32 bits per heavy atom. The van der Waals surface area contributed by atoms with Gasteiger partial charge in [-0.1, -0.05) is 43.7 Å². The molecule has 0 aliphatic heterocycles. The van der Waals surface area contributed by atoms with Crippen molar-refractivity contribution < 1.29 is 9.90 Å². The van der Waals surface area contributed by atoms with Gasteiger partial charge in [-0.25, -0.2) is 0 Å². The van der Waals surface area contributed by atoms with Crippen LogP contribution < -0.4 is 5.32 Å². The lowest BCUT2D eigenvalue weighted by Gasteiger charge is -2.23. The predicted octanol–water partition coefficient (Wildman–Crippen LogP) is 3.01. The molecule has 2 N–H and O–H groups in total. The summed E-state index contributed by atoms with van der Waals surface area (Å²) in [5, 5.41) is 12.4. The van der Waals surface area contributed by atoms with E-state index in [1.54, 1.807) is 0 Å². The summed E-state index contributed by atoms with van der Waals surface area (Å²) in [5.74, 6) is -0.670. The summed E-state index contributed by atoms with van der Waals surface area (Å²) in [6, 6.07) is 8.19. The van der Waals surface area contributed by atoms with E-state index in [1.165, 1.54) is 11.1 Å². The first kappa shape index (κ1) is 15.7. The van der Waals surface area contributed by atoms with Gasteiger partial charge < -0.3 is 10.4 Å². The van der Waals surface area contributed by atoms with E-state index in [1.807, 2.05) is 20.8 Å². The van der Waals surface area contributed by atoms with Crippen molar-refractivity contribution in [1.29, 1.82) is 0 Å². The Morgan fingerprint density at radius 3 is 2.53 bits per heavy atom. The molecule has 3 nitrogen and oxygen atoms in total. The van der Waals surface area contributed by atoms with Crippen LogP contribution in [0.1, 0.15) is 38.3 Å². The van der Waals surface area contributed by atoms with Gasteiger partial charge in [0.25, 0.3) is 0 Å². The maximum Gasteiger partial charge on any atom is 0.320 e. The van der Waals surface area contributed by atoms with Crippen molar-refractivity contribution in [3.8, 4) is 0 Å². The van der Waals surface area contributed by atoms with Crippen LogP contribution in [0.2, 0.25) is 0 Å². The molecule has 0 radical (unpaired) electrons. The normalized spacial score (nSPS) is 14.4.